The molecule has 0 spiro atoms. The summed E-state index contributed by atoms with van der Waals surface area (Å²) in [6.45, 7) is 7.04. The molecule has 4 aromatic carbocycles. The molecule has 46 heavy (non-hydrogen) atoms. The molecule has 0 radical (unpaired) electrons. The summed E-state index contributed by atoms with van der Waals surface area (Å²) in [5, 5.41) is 9.79. The highest BCUT2D eigenvalue weighted by Crippen LogP contribution is 2.33. The van der Waals surface area contributed by atoms with Gasteiger partial charge in [-0.15, -0.1) is 0 Å². The number of rotatable bonds is 10. The van der Waals surface area contributed by atoms with Crippen molar-refractivity contribution in [1.82, 2.24) is 14.8 Å². The van der Waals surface area contributed by atoms with Crippen molar-refractivity contribution < 1.29 is 19.1 Å². The van der Waals surface area contributed by atoms with E-state index in [-0.39, 0.29) is 18.0 Å². The van der Waals surface area contributed by atoms with Crippen molar-refractivity contribution in [2.45, 2.75) is 39.3 Å². The lowest BCUT2D eigenvalue weighted by molar-refractivity contribution is 0.102. The Hall–Kier alpha value is -5.28. The lowest BCUT2D eigenvalue weighted by atomic mass is 10.1. The maximum Gasteiger partial charge on any atom is 0.319 e. The molecular weight excluding hydrogens is 578 g/mol. The van der Waals surface area contributed by atoms with Gasteiger partial charge in [0.15, 0.2) is 0 Å². The van der Waals surface area contributed by atoms with Gasteiger partial charge in [-0.1, -0.05) is 18.2 Å². The SMILES string of the molecule is COc1cc(Oc2ccc(NC(=O)NC(C)C)cc2)ccc1NC(=O)c1ccc(-n2cc(CN3CCCC3)c3ccccc32)cc1. The number of para-hydroxylation sites is 1. The van der Waals surface area contributed by atoms with Crippen LogP contribution in [0.15, 0.2) is 97.2 Å². The molecular formula is C37H39N5O4. The number of nitrogens with zero attached hydrogens (tertiary/aromatic N) is 2. The van der Waals surface area contributed by atoms with Crippen molar-refractivity contribution in [1.29, 1.82) is 0 Å². The highest BCUT2D eigenvalue weighted by Gasteiger charge is 2.17. The average molecular weight is 618 g/mol. The smallest absolute Gasteiger partial charge is 0.319 e. The van der Waals surface area contributed by atoms with Crippen LogP contribution in [-0.4, -0.2) is 47.6 Å². The number of hydrogen-bond acceptors (Lipinski definition) is 5. The van der Waals surface area contributed by atoms with Crippen LogP contribution >= 0.6 is 0 Å². The zero-order valence-corrected chi connectivity index (χ0v) is 26.4. The van der Waals surface area contributed by atoms with Crippen molar-refractivity contribution in [2.24, 2.45) is 0 Å². The Morgan fingerprint density at radius 2 is 1.57 bits per heavy atom. The molecule has 1 aromatic heterocycles. The zero-order valence-electron chi connectivity index (χ0n) is 26.4. The van der Waals surface area contributed by atoms with Gasteiger partial charge >= 0.3 is 6.03 Å². The molecule has 5 aromatic rings. The van der Waals surface area contributed by atoms with E-state index in [9.17, 15) is 9.59 Å². The van der Waals surface area contributed by atoms with Gasteiger partial charge in [-0.05, 0) is 112 Å². The summed E-state index contributed by atoms with van der Waals surface area (Å²) >= 11 is 0. The van der Waals surface area contributed by atoms with Gasteiger partial charge < -0.3 is 30.0 Å². The predicted molar refractivity (Wildman–Crippen MR) is 183 cm³/mol. The molecule has 1 aliphatic heterocycles. The van der Waals surface area contributed by atoms with Crippen molar-refractivity contribution in [3.05, 3.63) is 108 Å². The number of carbonyl (C=O) groups is 2. The van der Waals surface area contributed by atoms with Gasteiger partial charge in [-0.3, -0.25) is 9.69 Å². The number of nitrogens with one attached hydrogen (secondary N) is 3. The number of ether oxygens (including phenoxy) is 2. The van der Waals surface area contributed by atoms with Gasteiger partial charge in [-0.2, -0.15) is 0 Å². The van der Waals surface area contributed by atoms with Crippen LogP contribution in [0.5, 0.6) is 17.2 Å². The quantitative estimate of drug-likeness (QED) is 0.149. The summed E-state index contributed by atoms with van der Waals surface area (Å²) in [5.41, 5.74) is 5.19. The fraction of sp³-hybridized carbons (Fsp3) is 0.243. The van der Waals surface area contributed by atoms with E-state index in [1.54, 1.807) is 49.6 Å². The molecule has 0 aliphatic carbocycles. The van der Waals surface area contributed by atoms with E-state index in [0.29, 0.717) is 34.2 Å². The normalized spacial score (nSPS) is 13.1. The third-order valence-electron chi connectivity index (χ3n) is 7.98. The summed E-state index contributed by atoms with van der Waals surface area (Å²) in [7, 11) is 1.55. The van der Waals surface area contributed by atoms with Gasteiger partial charge in [0.2, 0.25) is 0 Å². The lowest BCUT2D eigenvalue weighted by Crippen LogP contribution is -2.34. The Morgan fingerprint density at radius 3 is 2.28 bits per heavy atom. The molecule has 1 aliphatic rings. The molecule has 9 nitrogen and oxygen atoms in total. The van der Waals surface area contributed by atoms with E-state index in [2.05, 4.69) is 55.9 Å². The van der Waals surface area contributed by atoms with Crippen LogP contribution in [0.25, 0.3) is 16.6 Å². The van der Waals surface area contributed by atoms with E-state index in [1.807, 2.05) is 38.1 Å². The molecule has 0 saturated carbocycles. The zero-order chi connectivity index (χ0) is 32.0. The van der Waals surface area contributed by atoms with Gasteiger partial charge in [0.05, 0.1) is 18.3 Å². The van der Waals surface area contributed by atoms with Crippen LogP contribution in [0.4, 0.5) is 16.2 Å². The number of urea groups is 1. The van der Waals surface area contributed by atoms with E-state index in [1.165, 1.54) is 23.8 Å². The van der Waals surface area contributed by atoms with Crippen molar-refractivity contribution >= 4 is 34.2 Å². The first-order valence-corrected chi connectivity index (χ1v) is 15.6. The number of benzene rings is 4. The molecule has 0 bridgehead atoms. The third kappa shape index (κ3) is 7.16. The first-order valence-electron chi connectivity index (χ1n) is 15.6. The second-order valence-electron chi connectivity index (χ2n) is 11.8. The number of amides is 3. The van der Waals surface area contributed by atoms with Crippen LogP contribution in [0.1, 0.15) is 42.6 Å². The molecule has 3 N–H and O–H groups in total. The van der Waals surface area contributed by atoms with E-state index >= 15 is 0 Å². The van der Waals surface area contributed by atoms with Gasteiger partial charge in [0, 0.05) is 47.2 Å². The van der Waals surface area contributed by atoms with Crippen LogP contribution in [-0.2, 0) is 6.54 Å². The summed E-state index contributed by atoms with van der Waals surface area (Å²) < 4.78 is 13.8. The monoisotopic (exact) mass is 617 g/mol. The summed E-state index contributed by atoms with van der Waals surface area (Å²) in [6, 6.07) is 28.2. The van der Waals surface area contributed by atoms with Crippen LogP contribution in [0, 0.1) is 0 Å². The predicted octanol–water partition coefficient (Wildman–Crippen LogP) is 7.81. The van der Waals surface area contributed by atoms with Crippen LogP contribution < -0.4 is 25.4 Å². The highest BCUT2D eigenvalue weighted by molar-refractivity contribution is 6.05. The maximum absolute atomic E-state index is 13.2. The summed E-state index contributed by atoms with van der Waals surface area (Å²) in [6.07, 6.45) is 4.76. The summed E-state index contributed by atoms with van der Waals surface area (Å²) in [4.78, 5) is 27.7. The topological polar surface area (TPSA) is 96.9 Å². The standard InChI is InChI=1S/C37H39N5O4/c1-25(2)38-37(44)39-28-12-16-30(17-13-28)46-31-18-19-33(35(22-31)45-3)40-36(43)26-10-14-29(15-11-26)42-24-27(23-41-20-6-7-21-41)32-8-4-5-9-34(32)42/h4-5,8-19,22,24-25H,6-7,20-21,23H2,1-3H3,(H,40,43)(H2,38,39,44). The average Bonchev–Trinajstić information content (AvgIpc) is 3.71. The van der Waals surface area contributed by atoms with Gasteiger partial charge in [-0.25, -0.2) is 4.79 Å². The number of likely N-dealkylation sites (tertiary alicyclic amines) is 1. The molecule has 9 heteroatoms. The first-order chi connectivity index (χ1) is 22.4. The van der Waals surface area contributed by atoms with Crippen LogP contribution in [0.3, 0.4) is 0 Å². The highest BCUT2D eigenvalue weighted by atomic mass is 16.5. The Balaban J connectivity index is 1.12. The Labute approximate surface area is 269 Å². The number of methoxy groups -OCH3 is 1. The molecule has 3 amide bonds. The number of hydrogen-bond donors (Lipinski definition) is 3. The molecule has 2 heterocycles. The minimum atomic E-state index is -0.265. The largest absolute Gasteiger partial charge is 0.494 e. The summed E-state index contributed by atoms with van der Waals surface area (Å²) in [5.74, 6) is 1.36. The van der Waals surface area contributed by atoms with Crippen molar-refractivity contribution in [3.63, 3.8) is 0 Å². The Kier molecular flexibility index (Phi) is 9.21. The number of aromatic nitrogens is 1. The second-order valence-corrected chi connectivity index (χ2v) is 11.8. The van der Waals surface area contributed by atoms with E-state index in [0.717, 1.165) is 30.8 Å². The van der Waals surface area contributed by atoms with E-state index < -0.39 is 0 Å². The number of anilines is 2. The third-order valence-corrected chi connectivity index (χ3v) is 7.98. The minimum Gasteiger partial charge on any atom is -0.494 e. The Morgan fingerprint density at radius 1 is 0.848 bits per heavy atom. The van der Waals surface area contributed by atoms with Gasteiger partial charge in [0.25, 0.3) is 5.91 Å². The van der Waals surface area contributed by atoms with E-state index in [4.69, 9.17) is 9.47 Å². The molecule has 1 saturated heterocycles. The Bertz CT molecular complexity index is 1820. The molecule has 236 valence electrons. The van der Waals surface area contributed by atoms with Crippen molar-refractivity contribution in [3.8, 4) is 22.9 Å². The molecule has 0 atom stereocenters. The first kappa shape index (κ1) is 30.7. The minimum absolute atomic E-state index is 0.0418. The fourth-order valence-electron chi connectivity index (χ4n) is 5.75. The van der Waals surface area contributed by atoms with Gasteiger partial charge in [0.1, 0.15) is 17.2 Å². The molecule has 6 rings (SSSR count). The van der Waals surface area contributed by atoms with Crippen molar-refractivity contribution in [2.75, 3.05) is 30.8 Å². The second kappa shape index (κ2) is 13.8. The fourth-order valence-corrected chi connectivity index (χ4v) is 5.75. The number of carbonyl (C=O) groups excluding carboxylic acids is 2. The molecule has 0 unspecified atom stereocenters. The number of fused-ring (bicyclic) bond motifs is 1. The lowest BCUT2D eigenvalue weighted by Gasteiger charge is -2.14. The van der Waals surface area contributed by atoms with Crippen LogP contribution in [0.2, 0.25) is 0 Å². The maximum atomic E-state index is 13.2. The molecule has 1 fully saturated rings.